The summed E-state index contributed by atoms with van der Waals surface area (Å²) < 4.78 is 10.8. The van der Waals surface area contributed by atoms with Crippen LogP contribution in [0.5, 0.6) is 11.5 Å². The Hall–Kier alpha value is -1.00. The lowest BCUT2D eigenvalue weighted by Crippen LogP contribution is -2.07. The van der Waals surface area contributed by atoms with Crippen molar-refractivity contribution in [2.24, 2.45) is 0 Å². The van der Waals surface area contributed by atoms with Crippen molar-refractivity contribution in [3.63, 3.8) is 0 Å². The van der Waals surface area contributed by atoms with Crippen LogP contribution in [-0.2, 0) is 5.41 Å². The first-order valence-corrected chi connectivity index (χ1v) is 8.56. The molecule has 1 aromatic carbocycles. The molecule has 1 atom stereocenters. The van der Waals surface area contributed by atoms with Gasteiger partial charge in [-0.1, -0.05) is 42.8 Å². The maximum atomic E-state index is 5.50. The lowest BCUT2D eigenvalue weighted by Gasteiger charge is -2.16. The minimum Gasteiger partial charge on any atom is -0.497 e. The van der Waals surface area contributed by atoms with Crippen LogP contribution in [0.3, 0.4) is 0 Å². The van der Waals surface area contributed by atoms with Crippen molar-refractivity contribution in [2.75, 3.05) is 14.2 Å². The van der Waals surface area contributed by atoms with E-state index in [9.17, 15) is 0 Å². The monoisotopic (exact) mass is 368 g/mol. The molecule has 1 heterocycles. The zero-order valence-corrected chi connectivity index (χ0v) is 15.5. The van der Waals surface area contributed by atoms with Crippen LogP contribution in [0.15, 0.2) is 30.3 Å². The average molecular weight is 369 g/mol. The van der Waals surface area contributed by atoms with Crippen molar-refractivity contribution in [1.29, 1.82) is 0 Å². The highest BCUT2D eigenvalue weighted by Gasteiger charge is 2.21. The van der Waals surface area contributed by atoms with E-state index in [4.69, 9.17) is 9.47 Å². The number of alkyl halides is 1. The predicted octanol–water partition coefficient (Wildman–Crippen LogP) is 5.55. The summed E-state index contributed by atoms with van der Waals surface area (Å²) in [5.74, 6) is 1.64. The SMILES string of the molecule is COc1ccc(C(Br)c2ccc(C(C)(C)C)s2)c(OC)c1. The molecule has 4 heteroatoms. The van der Waals surface area contributed by atoms with Gasteiger partial charge in [-0.2, -0.15) is 0 Å². The van der Waals surface area contributed by atoms with Crippen LogP contribution < -0.4 is 9.47 Å². The van der Waals surface area contributed by atoms with Crippen LogP contribution in [0.1, 0.15) is 40.9 Å². The van der Waals surface area contributed by atoms with E-state index in [-0.39, 0.29) is 10.2 Å². The Labute approximate surface area is 139 Å². The van der Waals surface area contributed by atoms with E-state index in [0.717, 1.165) is 17.1 Å². The molecule has 114 valence electrons. The highest BCUT2D eigenvalue weighted by atomic mass is 79.9. The summed E-state index contributed by atoms with van der Waals surface area (Å²) in [6.45, 7) is 6.71. The van der Waals surface area contributed by atoms with Crippen molar-refractivity contribution in [3.8, 4) is 11.5 Å². The molecule has 1 aromatic heterocycles. The summed E-state index contributed by atoms with van der Waals surface area (Å²) >= 11 is 5.64. The zero-order valence-electron chi connectivity index (χ0n) is 13.1. The molecule has 0 spiro atoms. The third-order valence-electron chi connectivity index (χ3n) is 3.33. The maximum Gasteiger partial charge on any atom is 0.127 e. The van der Waals surface area contributed by atoms with Gasteiger partial charge in [-0.05, 0) is 23.6 Å². The number of hydrogen-bond donors (Lipinski definition) is 0. The molecule has 0 N–H and O–H groups in total. The quantitative estimate of drug-likeness (QED) is 0.658. The number of thiophene rings is 1. The van der Waals surface area contributed by atoms with E-state index < -0.39 is 0 Å². The largest absolute Gasteiger partial charge is 0.497 e. The van der Waals surface area contributed by atoms with Gasteiger partial charge < -0.3 is 9.47 Å². The van der Waals surface area contributed by atoms with Crippen LogP contribution >= 0.6 is 27.3 Å². The number of methoxy groups -OCH3 is 2. The summed E-state index contributed by atoms with van der Waals surface area (Å²) in [5, 5.41) is 0. The zero-order chi connectivity index (χ0) is 15.6. The highest BCUT2D eigenvalue weighted by molar-refractivity contribution is 9.09. The van der Waals surface area contributed by atoms with Gasteiger partial charge in [0.15, 0.2) is 0 Å². The molecule has 1 unspecified atom stereocenters. The van der Waals surface area contributed by atoms with Gasteiger partial charge in [0.1, 0.15) is 11.5 Å². The number of halogens is 1. The van der Waals surface area contributed by atoms with Gasteiger partial charge in [0.2, 0.25) is 0 Å². The molecule has 0 fully saturated rings. The summed E-state index contributed by atoms with van der Waals surface area (Å²) in [6, 6.07) is 10.3. The molecule has 0 radical (unpaired) electrons. The second-order valence-electron chi connectivity index (χ2n) is 5.92. The van der Waals surface area contributed by atoms with Crippen molar-refractivity contribution < 1.29 is 9.47 Å². The molecule has 0 saturated heterocycles. The van der Waals surface area contributed by atoms with Crippen LogP contribution in [0.25, 0.3) is 0 Å². The molecule has 0 aliphatic heterocycles. The summed E-state index contributed by atoms with van der Waals surface area (Å²) in [4.78, 5) is 2.79. The number of benzene rings is 1. The van der Waals surface area contributed by atoms with Gasteiger partial charge in [0.25, 0.3) is 0 Å². The van der Waals surface area contributed by atoms with Gasteiger partial charge in [-0.25, -0.2) is 0 Å². The molecular weight excluding hydrogens is 348 g/mol. The maximum absolute atomic E-state index is 5.50. The molecular formula is C17H21BrO2S. The molecule has 2 rings (SSSR count). The van der Waals surface area contributed by atoms with Crippen LogP contribution in [0.2, 0.25) is 0 Å². The fourth-order valence-corrected chi connectivity index (χ4v) is 3.95. The third-order valence-corrected chi connectivity index (χ3v) is 6.19. The Morgan fingerprint density at radius 1 is 1.05 bits per heavy atom. The van der Waals surface area contributed by atoms with Gasteiger partial charge in [0, 0.05) is 21.4 Å². The van der Waals surface area contributed by atoms with Crippen molar-refractivity contribution in [2.45, 2.75) is 31.0 Å². The highest BCUT2D eigenvalue weighted by Crippen LogP contribution is 2.42. The minimum absolute atomic E-state index is 0.124. The van der Waals surface area contributed by atoms with Gasteiger partial charge in [0.05, 0.1) is 19.0 Å². The standard InChI is InChI=1S/C17H21BrO2S/c1-17(2,3)15-9-8-14(21-15)16(18)12-7-6-11(19-4)10-13(12)20-5/h6-10,16H,1-5H3. The molecule has 2 aromatic rings. The van der Waals surface area contributed by atoms with Gasteiger partial charge in [-0.3, -0.25) is 0 Å². The predicted molar refractivity (Wildman–Crippen MR) is 93.3 cm³/mol. The first-order valence-electron chi connectivity index (χ1n) is 6.83. The van der Waals surface area contributed by atoms with E-state index in [1.165, 1.54) is 9.75 Å². The second-order valence-corrected chi connectivity index (χ2v) is 7.95. The van der Waals surface area contributed by atoms with Crippen LogP contribution in [0, 0.1) is 0 Å². The Morgan fingerprint density at radius 3 is 2.29 bits per heavy atom. The van der Waals surface area contributed by atoms with Crippen LogP contribution in [-0.4, -0.2) is 14.2 Å². The summed E-state index contributed by atoms with van der Waals surface area (Å²) in [5.41, 5.74) is 1.29. The Bertz CT molecular complexity index is 613. The molecule has 2 nitrogen and oxygen atoms in total. The van der Waals surface area contributed by atoms with Crippen molar-refractivity contribution in [1.82, 2.24) is 0 Å². The van der Waals surface area contributed by atoms with E-state index in [1.807, 2.05) is 29.5 Å². The summed E-state index contributed by atoms with van der Waals surface area (Å²) in [6.07, 6.45) is 0. The second kappa shape index (κ2) is 6.41. The fourth-order valence-electron chi connectivity index (χ4n) is 2.07. The first-order chi connectivity index (χ1) is 9.86. The van der Waals surface area contributed by atoms with Crippen molar-refractivity contribution >= 4 is 27.3 Å². The topological polar surface area (TPSA) is 18.5 Å². The smallest absolute Gasteiger partial charge is 0.127 e. The first kappa shape index (κ1) is 16.4. The average Bonchev–Trinajstić information content (AvgIpc) is 2.95. The normalized spacial score (nSPS) is 13.0. The molecule has 0 bridgehead atoms. The van der Waals surface area contributed by atoms with Crippen molar-refractivity contribution in [3.05, 3.63) is 45.6 Å². The molecule has 0 amide bonds. The number of rotatable bonds is 4. The molecule has 21 heavy (non-hydrogen) atoms. The van der Waals surface area contributed by atoms with Gasteiger partial charge >= 0.3 is 0 Å². The third kappa shape index (κ3) is 3.61. The number of ether oxygens (including phenoxy) is 2. The van der Waals surface area contributed by atoms with E-state index in [2.05, 4.69) is 48.8 Å². The van der Waals surface area contributed by atoms with E-state index >= 15 is 0 Å². The Balaban J connectivity index is 2.35. The summed E-state index contributed by atoms with van der Waals surface area (Å²) in [7, 11) is 3.35. The van der Waals surface area contributed by atoms with E-state index in [0.29, 0.717) is 0 Å². The van der Waals surface area contributed by atoms with Crippen LogP contribution in [0.4, 0.5) is 0 Å². The van der Waals surface area contributed by atoms with Gasteiger partial charge in [-0.15, -0.1) is 11.3 Å². The lowest BCUT2D eigenvalue weighted by molar-refractivity contribution is 0.391. The molecule has 0 aliphatic rings. The lowest BCUT2D eigenvalue weighted by atomic mass is 9.95. The Morgan fingerprint density at radius 2 is 1.76 bits per heavy atom. The number of hydrogen-bond acceptors (Lipinski definition) is 3. The van der Waals surface area contributed by atoms with E-state index in [1.54, 1.807) is 14.2 Å². The fraction of sp³-hybridized carbons (Fsp3) is 0.412. The minimum atomic E-state index is 0.124. The Kier molecular flexibility index (Phi) is 4.99. The molecule has 0 aliphatic carbocycles. The molecule has 0 saturated carbocycles.